The lowest BCUT2D eigenvalue weighted by atomic mass is 9.65. The second-order valence-electron chi connectivity index (χ2n) is 19.8. The van der Waals surface area contributed by atoms with Crippen LogP contribution in [0.25, 0.3) is 10.4 Å². The summed E-state index contributed by atoms with van der Waals surface area (Å²) in [5, 5.41) is 48.9. The third kappa shape index (κ3) is 15.2. The highest BCUT2D eigenvalue weighted by molar-refractivity contribution is 7.13. The molecule has 66 heavy (non-hydrogen) atoms. The van der Waals surface area contributed by atoms with E-state index >= 15 is 0 Å². The minimum atomic E-state index is -1.11. The van der Waals surface area contributed by atoms with E-state index in [0.29, 0.717) is 32.2 Å². The Balaban J connectivity index is 1.01. The molecule has 0 saturated carbocycles. The zero-order valence-electron chi connectivity index (χ0n) is 39.5. The molecule has 10 atom stereocenters. The van der Waals surface area contributed by atoms with Gasteiger partial charge >= 0.3 is 12.1 Å². The van der Waals surface area contributed by atoms with E-state index < -0.39 is 60.2 Å². The van der Waals surface area contributed by atoms with Crippen molar-refractivity contribution in [3.8, 4) is 10.4 Å². The van der Waals surface area contributed by atoms with Gasteiger partial charge in [0.1, 0.15) is 18.2 Å². The number of nitrogens with one attached hydrogen (secondary N) is 3. The second-order valence-corrected chi connectivity index (χ2v) is 20.7. The number of likely N-dealkylation sites (tertiary alicyclic amines) is 1. The van der Waals surface area contributed by atoms with E-state index in [2.05, 4.69) is 53.0 Å². The summed E-state index contributed by atoms with van der Waals surface area (Å²) in [6, 6.07) is 6.12. The zero-order chi connectivity index (χ0) is 48.1. The number of benzene rings is 1. The van der Waals surface area contributed by atoms with Crippen LogP contribution in [0, 0.1) is 36.0 Å². The van der Waals surface area contributed by atoms with E-state index in [4.69, 9.17) is 9.84 Å². The minimum Gasteiger partial charge on any atom is -0.481 e. The summed E-state index contributed by atoms with van der Waals surface area (Å²) in [6.45, 7) is 12.5. The molecule has 1 fully saturated rings. The SMILES string of the molecule is Cc1ncsc1-c1ccc(CNC(=O)[C@@H]2C[C@@H](O)CN2C(=O)[C@@H](NC(=O)CCCCCCCNC(=O)O[C@H]2C[C@@H](C)C=C3C=C[C@H](C)[C@H](CC[C@@H](O)C[C@@H](O)CC(=O)O)[C@H]32)C(C)(C)C)cc1. The van der Waals surface area contributed by atoms with Crippen LogP contribution in [0.3, 0.4) is 0 Å². The minimum absolute atomic E-state index is 0.00347. The predicted molar refractivity (Wildman–Crippen MR) is 253 cm³/mol. The quantitative estimate of drug-likeness (QED) is 0.0637. The van der Waals surface area contributed by atoms with Crippen molar-refractivity contribution in [2.45, 2.75) is 162 Å². The second kappa shape index (κ2) is 24.4. The molecular formula is C50H73N5O10S. The number of rotatable bonds is 22. The van der Waals surface area contributed by atoms with Crippen molar-refractivity contribution in [2.75, 3.05) is 13.1 Å². The summed E-state index contributed by atoms with van der Waals surface area (Å²) >= 11 is 1.57. The fourth-order valence-corrected chi connectivity index (χ4v) is 10.5. The van der Waals surface area contributed by atoms with Crippen molar-refractivity contribution in [3.05, 3.63) is 64.8 Å². The van der Waals surface area contributed by atoms with Crippen LogP contribution in [-0.4, -0.2) is 110 Å². The molecule has 364 valence electrons. The number of hydrogen-bond donors (Lipinski definition) is 7. The molecule has 0 bridgehead atoms. The van der Waals surface area contributed by atoms with Gasteiger partial charge in [0.2, 0.25) is 17.7 Å². The standard InChI is InChI=1S/C50H73N5O10S/c1-30-22-35-16-13-31(2)39(20-19-36(56)24-37(57)26-43(60)61)44(35)41(23-30)65-49(64)51-21-11-9-7-8-10-12-42(59)54-46(50(4,5)6)48(63)55-28-38(58)25-40(55)47(62)52-27-33-14-17-34(18-15-33)45-32(3)53-29-66-45/h13-18,22,29-31,36-41,44,46,56-58H,7-12,19-21,23-28H2,1-6H3,(H,51,64)(H,52,62)(H,54,59)(H,60,61)/t30-,31-,36+,37+,38+,39-,40-,41-,44-,46+/m0/s1. The zero-order valence-corrected chi connectivity index (χ0v) is 40.4. The van der Waals surface area contributed by atoms with Gasteiger partial charge in [-0.1, -0.05) is 96.4 Å². The number of allylic oxidation sites excluding steroid dienone is 3. The number of aryl methyl sites for hydroxylation is 1. The Kier molecular flexibility index (Phi) is 19.3. The lowest BCUT2D eigenvalue weighted by Crippen LogP contribution is -2.57. The highest BCUT2D eigenvalue weighted by Gasteiger charge is 2.45. The number of carbonyl (C=O) groups excluding carboxylic acids is 4. The highest BCUT2D eigenvalue weighted by Crippen LogP contribution is 2.45. The number of hydrogen-bond acceptors (Lipinski definition) is 11. The summed E-state index contributed by atoms with van der Waals surface area (Å²) < 4.78 is 6.07. The molecule has 1 aromatic heterocycles. The number of ether oxygens (including phenoxy) is 1. The third-order valence-electron chi connectivity index (χ3n) is 13.2. The predicted octanol–water partition coefficient (Wildman–Crippen LogP) is 6.43. The number of amides is 4. The van der Waals surface area contributed by atoms with Crippen LogP contribution < -0.4 is 16.0 Å². The van der Waals surface area contributed by atoms with Crippen LogP contribution in [0.2, 0.25) is 0 Å². The number of carboxylic acids is 1. The van der Waals surface area contributed by atoms with Crippen molar-refractivity contribution < 1.29 is 49.1 Å². The lowest BCUT2D eigenvalue weighted by Gasteiger charge is -2.43. The molecule has 16 heteroatoms. The van der Waals surface area contributed by atoms with Crippen LogP contribution in [0.5, 0.6) is 0 Å². The number of alkyl carbamates (subject to hydrolysis) is 1. The van der Waals surface area contributed by atoms with Crippen molar-refractivity contribution in [1.29, 1.82) is 0 Å². The number of aromatic nitrogens is 1. The van der Waals surface area contributed by atoms with Crippen LogP contribution in [0.4, 0.5) is 4.79 Å². The lowest BCUT2D eigenvalue weighted by molar-refractivity contribution is -0.144. The number of aliphatic carboxylic acids is 1. The number of thiazole rings is 1. The fraction of sp³-hybridized carbons (Fsp3) is 0.640. The maximum absolute atomic E-state index is 14.0. The van der Waals surface area contributed by atoms with E-state index in [1.54, 1.807) is 11.3 Å². The molecule has 5 rings (SSSR count). The summed E-state index contributed by atoms with van der Waals surface area (Å²) in [5.74, 6) is -1.65. The van der Waals surface area contributed by atoms with Crippen LogP contribution in [-0.2, 0) is 30.5 Å². The van der Waals surface area contributed by atoms with Gasteiger partial charge in [-0.05, 0) is 85.3 Å². The van der Waals surface area contributed by atoms with Crippen molar-refractivity contribution >= 4 is 41.1 Å². The Hall–Kier alpha value is -4.64. The first-order chi connectivity index (χ1) is 31.3. The fourth-order valence-electron chi connectivity index (χ4n) is 9.65. The molecule has 0 unspecified atom stereocenters. The first kappa shape index (κ1) is 52.3. The molecule has 2 aromatic rings. The number of nitrogens with zero attached hydrogens (tertiary/aromatic N) is 2. The highest BCUT2D eigenvalue weighted by atomic mass is 32.1. The number of unbranched alkanes of at least 4 members (excludes halogenated alkanes) is 4. The van der Waals surface area contributed by atoms with Gasteiger partial charge in [-0.15, -0.1) is 11.3 Å². The van der Waals surface area contributed by atoms with Gasteiger partial charge in [-0.25, -0.2) is 9.78 Å². The van der Waals surface area contributed by atoms with Gasteiger partial charge in [-0.3, -0.25) is 19.2 Å². The van der Waals surface area contributed by atoms with Crippen LogP contribution >= 0.6 is 11.3 Å². The molecule has 4 amide bonds. The number of aliphatic hydroxyl groups excluding tert-OH is 3. The number of fused-ring (bicyclic) bond motifs is 1. The molecule has 15 nitrogen and oxygen atoms in total. The van der Waals surface area contributed by atoms with Gasteiger partial charge in [-0.2, -0.15) is 0 Å². The Morgan fingerprint density at radius 1 is 0.970 bits per heavy atom. The maximum atomic E-state index is 14.0. The van der Waals surface area contributed by atoms with Crippen molar-refractivity contribution in [1.82, 2.24) is 25.8 Å². The van der Waals surface area contributed by atoms with E-state index in [1.165, 1.54) is 4.90 Å². The average molecular weight is 936 g/mol. The average Bonchev–Trinajstić information content (AvgIpc) is 3.86. The van der Waals surface area contributed by atoms with Crippen molar-refractivity contribution in [3.63, 3.8) is 0 Å². The monoisotopic (exact) mass is 936 g/mol. The van der Waals surface area contributed by atoms with Gasteiger partial charge in [0.05, 0.1) is 40.8 Å². The number of β-amino-alcohol motifs (C(OH)–C–C–N with tert-alkyl or cyclic N) is 1. The largest absolute Gasteiger partial charge is 0.481 e. The Labute approximate surface area is 393 Å². The first-order valence-corrected chi connectivity index (χ1v) is 24.7. The normalized spacial score (nSPS) is 24.1. The smallest absolute Gasteiger partial charge is 0.407 e. The van der Waals surface area contributed by atoms with Crippen LogP contribution in [0.1, 0.15) is 123 Å². The summed E-state index contributed by atoms with van der Waals surface area (Å²) in [5.41, 5.74) is 5.19. The first-order valence-electron chi connectivity index (χ1n) is 23.8. The third-order valence-corrected chi connectivity index (χ3v) is 14.2. The van der Waals surface area contributed by atoms with Gasteiger partial charge in [0.15, 0.2) is 0 Å². The van der Waals surface area contributed by atoms with E-state index in [0.717, 1.165) is 53.0 Å². The van der Waals surface area contributed by atoms with Crippen molar-refractivity contribution in [2.24, 2.45) is 29.1 Å². The molecule has 1 aromatic carbocycles. The van der Waals surface area contributed by atoms with E-state index in [9.17, 15) is 39.3 Å². The summed E-state index contributed by atoms with van der Waals surface area (Å²) in [7, 11) is 0. The van der Waals surface area contributed by atoms with E-state index in [1.807, 2.05) is 57.5 Å². The maximum Gasteiger partial charge on any atom is 0.407 e. The molecule has 1 aliphatic heterocycles. The number of carboxylic acid groups (broad SMARTS) is 1. The number of aliphatic hydroxyl groups is 3. The molecule has 7 N–H and O–H groups in total. The van der Waals surface area contributed by atoms with Gasteiger partial charge in [0, 0.05) is 38.4 Å². The summed E-state index contributed by atoms with van der Waals surface area (Å²) in [6.07, 6.45) is 8.37. The molecule has 1 saturated heterocycles. The molecule has 2 heterocycles. The van der Waals surface area contributed by atoms with Gasteiger partial charge < -0.3 is 46.0 Å². The number of carbonyl (C=O) groups is 5. The summed E-state index contributed by atoms with van der Waals surface area (Å²) in [4.78, 5) is 71.5. The Morgan fingerprint density at radius 2 is 1.68 bits per heavy atom. The molecule has 0 radical (unpaired) electrons. The van der Waals surface area contributed by atoms with Crippen LogP contribution in [0.15, 0.2) is 53.6 Å². The topological polar surface area (TPSA) is 228 Å². The molecule has 3 aliphatic rings. The molecule has 2 aliphatic carbocycles. The van der Waals surface area contributed by atoms with E-state index in [-0.39, 0.29) is 73.9 Å². The Morgan fingerprint density at radius 3 is 2.36 bits per heavy atom. The molecule has 0 spiro atoms. The molecular weight excluding hydrogens is 863 g/mol. The van der Waals surface area contributed by atoms with Gasteiger partial charge in [0.25, 0.3) is 0 Å². The Bertz CT molecular complexity index is 2010.